The molecule has 0 radical (unpaired) electrons. The normalized spacial score (nSPS) is 11.7. The highest BCUT2D eigenvalue weighted by Gasteiger charge is 2.24. The topological polar surface area (TPSA) is 73.5 Å². The molecule has 0 aromatic heterocycles. The summed E-state index contributed by atoms with van der Waals surface area (Å²) in [5.74, 6) is -3.19. The number of hydrogen-bond acceptors (Lipinski definition) is 4. The molecule has 31 heavy (non-hydrogen) atoms. The minimum Gasteiger partial charge on any atom is -0.349 e. The highest BCUT2D eigenvalue weighted by atomic mass is 127. The largest absolute Gasteiger partial charge is 0.349 e. The van der Waals surface area contributed by atoms with Gasteiger partial charge in [0.05, 0.1) is 11.4 Å². The van der Waals surface area contributed by atoms with E-state index in [1.807, 2.05) is 29.5 Å². The lowest BCUT2D eigenvalue weighted by atomic mass is 10.2. The predicted octanol–water partition coefficient (Wildman–Crippen LogP) is 4.82. The van der Waals surface area contributed by atoms with Crippen LogP contribution in [0.2, 0.25) is 0 Å². The quantitative estimate of drug-likeness (QED) is 0.253. The molecule has 0 heterocycles. The van der Waals surface area contributed by atoms with Crippen LogP contribution in [0, 0.1) is 21.0 Å². The Balaban J connectivity index is 2.25. The van der Waals surface area contributed by atoms with Gasteiger partial charge in [-0.15, -0.1) is 0 Å². The number of benzene rings is 2. The number of rotatable bonds is 12. The van der Waals surface area contributed by atoms with Gasteiger partial charge >= 0.3 is 10.2 Å². The number of halogens is 4. The van der Waals surface area contributed by atoms with E-state index in [0.29, 0.717) is 16.5 Å². The molecule has 0 saturated carbocycles. The van der Waals surface area contributed by atoms with Crippen LogP contribution in [0.15, 0.2) is 30.3 Å². The number of nitrogens with one attached hydrogen (secondary N) is 3. The molecule has 2 aromatic carbocycles. The van der Waals surface area contributed by atoms with Gasteiger partial charge < -0.3 is 10.6 Å². The summed E-state index contributed by atoms with van der Waals surface area (Å²) in [7, 11) is -4.05. The highest BCUT2D eigenvalue weighted by molar-refractivity contribution is 14.1. The highest BCUT2D eigenvalue weighted by Crippen LogP contribution is 2.32. The molecule has 0 aliphatic heterocycles. The van der Waals surface area contributed by atoms with Crippen molar-refractivity contribution >= 4 is 49.9 Å². The van der Waals surface area contributed by atoms with Crippen LogP contribution in [-0.4, -0.2) is 38.9 Å². The molecule has 0 bridgehead atoms. The third kappa shape index (κ3) is 7.22. The Bertz CT molecular complexity index is 993. The van der Waals surface area contributed by atoms with Crippen molar-refractivity contribution in [2.45, 2.75) is 26.7 Å². The summed E-state index contributed by atoms with van der Waals surface area (Å²) in [4.78, 5) is 0. The number of hydrogen-bond donors (Lipinski definition) is 3. The van der Waals surface area contributed by atoms with Crippen molar-refractivity contribution in [3.05, 3.63) is 51.4 Å². The first-order valence-corrected chi connectivity index (χ1v) is 12.4. The van der Waals surface area contributed by atoms with Gasteiger partial charge in [0.25, 0.3) is 0 Å². The molecule has 0 aliphatic rings. The minimum atomic E-state index is -4.05. The van der Waals surface area contributed by atoms with E-state index >= 15 is 0 Å². The second-order valence-corrected chi connectivity index (χ2v) is 9.65. The predicted molar refractivity (Wildman–Crippen MR) is 126 cm³/mol. The van der Waals surface area contributed by atoms with Gasteiger partial charge in [-0.25, -0.2) is 13.2 Å². The van der Waals surface area contributed by atoms with Crippen molar-refractivity contribution in [1.29, 1.82) is 0 Å². The lowest BCUT2D eigenvalue weighted by molar-refractivity contribution is 0.419. The Morgan fingerprint density at radius 1 is 1.00 bits per heavy atom. The summed E-state index contributed by atoms with van der Waals surface area (Å²) in [5.41, 5.74) is -0.830. The Morgan fingerprint density at radius 3 is 2.35 bits per heavy atom. The summed E-state index contributed by atoms with van der Waals surface area (Å²) in [5, 5.41) is 5.67. The third-order valence-electron chi connectivity index (χ3n) is 4.41. The lowest BCUT2D eigenvalue weighted by Crippen LogP contribution is -2.37. The summed E-state index contributed by atoms with van der Waals surface area (Å²) >= 11 is 1.92. The molecule has 6 nitrogen and oxygen atoms in total. The zero-order chi connectivity index (χ0) is 23.0. The molecule has 172 valence electrons. The smallest absolute Gasteiger partial charge is 0.301 e. The van der Waals surface area contributed by atoms with E-state index in [0.717, 1.165) is 25.1 Å². The number of nitrogens with zero attached hydrogens (tertiary/aromatic N) is 1. The van der Waals surface area contributed by atoms with E-state index < -0.39 is 33.3 Å². The van der Waals surface area contributed by atoms with E-state index in [1.165, 1.54) is 16.4 Å². The van der Waals surface area contributed by atoms with E-state index in [4.69, 9.17) is 0 Å². The van der Waals surface area contributed by atoms with Gasteiger partial charge in [0.15, 0.2) is 11.6 Å². The van der Waals surface area contributed by atoms with Gasteiger partial charge in [-0.05, 0) is 78.9 Å². The van der Waals surface area contributed by atoms with Crippen LogP contribution < -0.4 is 15.4 Å². The fourth-order valence-corrected chi connectivity index (χ4v) is 4.56. The minimum absolute atomic E-state index is 0.111. The lowest BCUT2D eigenvalue weighted by Gasteiger charge is -2.23. The zero-order valence-corrected chi connectivity index (χ0v) is 20.3. The molecule has 3 N–H and O–H groups in total. The van der Waals surface area contributed by atoms with E-state index in [-0.39, 0.29) is 24.5 Å². The maximum absolute atomic E-state index is 14.5. The average molecular weight is 570 g/mol. The van der Waals surface area contributed by atoms with Crippen LogP contribution in [-0.2, 0) is 10.2 Å². The molecule has 2 rings (SSSR count). The van der Waals surface area contributed by atoms with Gasteiger partial charge in [-0.2, -0.15) is 12.7 Å². The second kappa shape index (κ2) is 11.9. The average Bonchev–Trinajstić information content (AvgIpc) is 2.71. The fraction of sp³-hybridized carbons (Fsp3) is 0.400. The Morgan fingerprint density at radius 2 is 1.71 bits per heavy atom. The second-order valence-electron chi connectivity index (χ2n) is 6.74. The molecular weight excluding hydrogens is 544 g/mol. The van der Waals surface area contributed by atoms with Crippen molar-refractivity contribution in [3.8, 4) is 0 Å². The SMILES string of the molecule is CCCNCCCN(CC)S(=O)(=O)Nc1ccc(F)c(F)c1Nc1ccc(I)cc1F. The Labute approximate surface area is 194 Å². The molecule has 0 unspecified atom stereocenters. The van der Waals surface area contributed by atoms with Crippen LogP contribution in [0.1, 0.15) is 26.7 Å². The van der Waals surface area contributed by atoms with E-state index in [2.05, 4.69) is 15.4 Å². The maximum Gasteiger partial charge on any atom is 0.301 e. The molecule has 11 heteroatoms. The van der Waals surface area contributed by atoms with E-state index in [1.54, 1.807) is 13.0 Å². The molecule has 0 atom stereocenters. The summed E-state index contributed by atoms with van der Waals surface area (Å²) in [6.07, 6.45) is 1.57. The van der Waals surface area contributed by atoms with Crippen LogP contribution in [0.5, 0.6) is 0 Å². The van der Waals surface area contributed by atoms with Crippen LogP contribution >= 0.6 is 22.6 Å². The summed E-state index contributed by atoms with van der Waals surface area (Å²) in [6, 6.07) is 6.07. The Hall–Kier alpha value is -1.57. The molecular formula is C20H26F3IN4O2S. The first-order chi connectivity index (χ1) is 14.7. The molecule has 0 amide bonds. The maximum atomic E-state index is 14.5. The van der Waals surface area contributed by atoms with Gasteiger partial charge in [-0.3, -0.25) is 4.72 Å². The molecule has 0 fully saturated rings. The third-order valence-corrected chi connectivity index (χ3v) is 6.67. The van der Waals surface area contributed by atoms with Crippen molar-refractivity contribution in [2.24, 2.45) is 0 Å². The van der Waals surface area contributed by atoms with Crippen LogP contribution in [0.4, 0.5) is 30.2 Å². The zero-order valence-electron chi connectivity index (χ0n) is 17.3. The first kappa shape index (κ1) is 25.7. The first-order valence-electron chi connectivity index (χ1n) is 9.88. The summed E-state index contributed by atoms with van der Waals surface area (Å²) in [6.45, 7) is 5.67. The molecule has 0 spiro atoms. The molecule has 0 saturated heterocycles. The van der Waals surface area contributed by atoms with Gasteiger partial charge in [0.2, 0.25) is 0 Å². The number of anilines is 3. The van der Waals surface area contributed by atoms with Crippen LogP contribution in [0.25, 0.3) is 0 Å². The Kier molecular flexibility index (Phi) is 9.85. The van der Waals surface area contributed by atoms with Crippen molar-refractivity contribution in [1.82, 2.24) is 9.62 Å². The monoisotopic (exact) mass is 570 g/mol. The van der Waals surface area contributed by atoms with E-state index in [9.17, 15) is 21.6 Å². The standard InChI is InChI=1S/C20H26F3IN4O2S/c1-3-10-25-11-5-12-28(4-2)31(29,30)27-18-9-7-15(21)19(23)20(18)26-17-8-6-14(24)13-16(17)22/h6-9,13,25-27H,3-5,10-12H2,1-2H3. The van der Waals surface area contributed by atoms with Crippen molar-refractivity contribution in [2.75, 3.05) is 36.2 Å². The summed E-state index contributed by atoms with van der Waals surface area (Å²) < 4.78 is 72.4. The molecule has 0 aliphatic carbocycles. The van der Waals surface area contributed by atoms with Gasteiger partial charge in [-0.1, -0.05) is 13.8 Å². The van der Waals surface area contributed by atoms with Gasteiger partial charge in [0, 0.05) is 16.7 Å². The van der Waals surface area contributed by atoms with Gasteiger partial charge in [0.1, 0.15) is 11.5 Å². The molecule has 2 aromatic rings. The van der Waals surface area contributed by atoms with Crippen LogP contribution in [0.3, 0.4) is 0 Å². The van der Waals surface area contributed by atoms with Crippen molar-refractivity contribution < 1.29 is 21.6 Å². The van der Waals surface area contributed by atoms with Crippen molar-refractivity contribution in [3.63, 3.8) is 0 Å². The fourth-order valence-electron chi connectivity index (χ4n) is 2.82.